The van der Waals surface area contributed by atoms with E-state index in [1.807, 2.05) is 20.8 Å². The highest BCUT2D eigenvalue weighted by Crippen LogP contribution is 2.28. The minimum absolute atomic E-state index is 0.166. The number of amides is 2. The highest BCUT2D eigenvalue weighted by Gasteiger charge is 2.23. The van der Waals surface area contributed by atoms with Crippen LogP contribution < -0.4 is 15.4 Å². The molecule has 25 heavy (non-hydrogen) atoms. The molecule has 0 aliphatic rings. The predicted molar refractivity (Wildman–Crippen MR) is 100 cm³/mol. The van der Waals surface area contributed by atoms with Crippen molar-refractivity contribution in [3.05, 3.63) is 53.1 Å². The molecule has 2 aromatic rings. The summed E-state index contributed by atoms with van der Waals surface area (Å²) in [5.74, 6) is 0.0174. The molecule has 0 aliphatic heterocycles. The van der Waals surface area contributed by atoms with Gasteiger partial charge in [-0.1, -0.05) is 44.5 Å². The molecule has 2 aromatic carbocycles. The van der Waals surface area contributed by atoms with Gasteiger partial charge in [-0.05, 0) is 30.3 Å². The summed E-state index contributed by atoms with van der Waals surface area (Å²) in [6.07, 6.45) is 0. The second-order valence-corrected chi connectivity index (χ2v) is 6.96. The molecule has 6 heteroatoms. The molecule has 0 atom stereocenters. The lowest BCUT2D eigenvalue weighted by atomic mass is 9.95. The molecule has 2 N–H and O–H groups in total. The Morgan fingerprint density at radius 3 is 2.32 bits per heavy atom. The summed E-state index contributed by atoms with van der Waals surface area (Å²) in [4.78, 5) is 24.8. The van der Waals surface area contributed by atoms with Crippen LogP contribution in [0.25, 0.3) is 0 Å². The number of anilines is 2. The van der Waals surface area contributed by atoms with Crippen LogP contribution >= 0.6 is 11.6 Å². The van der Waals surface area contributed by atoms with Crippen molar-refractivity contribution in [3.63, 3.8) is 0 Å². The van der Waals surface area contributed by atoms with Crippen molar-refractivity contribution < 1.29 is 14.3 Å². The Hall–Kier alpha value is -2.53. The van der Waals surface area contributed by atoms with Crippen LogP contribution in [0, 0.1) is 5.41 Å². The van der Waals surface area contributed by atoms with E-state index in [0.717, 1.165) is 0 Å². The molecular formula is C19H21ClN2O3. The number of rotatable bonds is 4. The first kappa shape index (κ1) is 18.8. The van der Waals surface area contributed by atoms with E-state index in [1.165, 1.54) is 7.11 Å². The minimum Gasteiger partial charge on any atom is -0.495 e. The van der Waals surface area contributed by atoms with Crippen molar-refractivity contribution in [3.8, 4) is 5.75 Å². The van der Waals surface area contributed by atoms with Crippen molar-refractivity contribution >= 4 is 34.8 Å². The summed E-state index contributed by atoms with van der Waals surface area (Å²) in [5, 5.41) is 5.97. The molecule has 0 aromatic heterocycles. The largest absolute Gasteiger partial charge is 0.495 e. The average molecular weight is 361 g/mol. The van der Waals surface area contributed by atoms with Crippen LogP contribution in [-0.2, 0) is 4.79 Å². The topological polar surface area (TPSA) is 67.4 Å². The Morgan fingerprint density at radius 2 is 1.72 bits per heavy atom. The van der Waals surface area contributed by atoms with Gasteiger partial charge in [0.25, 0.3) is 5.91 Å². The number of hydrogen-bond donors (Lipinski definition) is 2. The lowest BCUT2D eigenvalue weighted by Gasteiger charge is -2.19. The first-order chi connectivity index (χ1) is 11.7. The van der Waals surface area contributed by atoms with Crippen molar-refractivity contribution in [2.75, 3.05) is 17.7 Å². The standard InChI is InChI=1S/C19H21ClN2O3/c1-19(2,3)18(24)22-15-8-6-5-7-13(15)17(23)21-12-9-10-16(25-4)14(20)11-12/h5-11H,1-4H3,(H,21,23)(H,22,24). The predicted octanol–water partition coefficient (Wildman–Crippen LogP) is 4.59. The fraction of sp³-hybridized carbons (Fsp3) is 0.263. The number of benzene rings is 2. The van der Waals surface area contributed by atoms with Gasteiger partial charge in [-0.3, -0.25) is 9.59 Å². The van der Waals surface area contributed by atoms with Gasteiger partial charge < -0.3 is 15.4 Å². The molecule has 0 saturated carbocycles. The first-order valence-corrected chi connectivity index (χ1v) is 8.15. The quantitative estimate of drug-likeness (QED) is 0.838. The van der Waals surface area contributed by atoms with E-state index in [4.69, 9.17) is 16.3 Å². The van der Waals surface area contributed by atoms with Crippen LogP contribution in [0.3, 0.4) is 0 Å². The van der Waals surface area contributed by atoms with E-state index >= 15 is 0 Å². The second kappa shape index (κ2) is 7.57. The Bertz CT molecular complexity index is 797. The fourth-order valence-corrected chi connectivity index (χ4v) is 2.30. The van der Waals surface area contributed by atoms with E-state index < -0.39 is 5.41 Å². The monoisotopic (exact) mass is 360 g/mol. The second-order valence-electron chi connectivity index (χ2n) is 6.55. The van der Waals surface area contributed by atoms with Gasteiger partial charge in [0, 0.05) is 11.1 Å². The summed E-state index contributed by atoms with van der Waals surface area (Å²) in [6, 6.07) is 11.8. The Labute approximate surface area is 152 Å². The minimum atomic E-state index is -0.562. The van der Waals surface area contributed by atoms with Crippen LogP contribution in [0.2, 0.25) is 5.02 Å². The molecule has 0 saturated heterocycles. The summed E-state index contributed by atoms with van der Waals surface area (Å²) >= 11 is 6.08. The van der Waals surface area contributed by atoms with Crippen molar-refractivity contribution in [2.45, 2.75) is 20.8 Å². The van der Waals surface area contributed by atoms with Gasteiger partial charge in [-0.2, -0.15) is 0 Å². The Kier molecular flexibility index (Phi) is 5.69. The highest BCUT2D eigenvalue weighted by atomic mass is 35.5. The van der Waals surface area contributed by atoms with Gasteiger partial charge in [0.05, 0.1) is 23.4 Å². The number of methoxy groups -OCH3 is 1. The van der Waals surface area contributed by atoms with E-state index in [-0.39, 0.29) is 11.8 Å². The molecule has 2 amide bonds. The van der Waals surface area contributed by atoms with Crippen LogP contribution in [0.1, 0.15) is 31.1 Å². The summed E-state index contributed by atoms with van der Waals surface area (Å²) in [5.41, 5.74) is 0.798. The lowest BCUT2D eigenvalue weighted by Crippen LogP contribution is -2.28. The molecule has 0 fully saturated rings. The van der Waals surface area contributed by atoms with Crippen molar-refractivity contribution in [1.82, 2.24) is 0 Å². The van der Waals surface area contributed by atoms with Gasteiger partial charge in [-0.25, -0.2) is 0 Å². The number of carbonyl (C=O) groups excluding carboxylic acids is 2. The number of ether oxygens (including phenoxy) is 1. The third kappa shape index (κ3) is 4.73. The lowest BCUT2D eigenvalue weighted by molar-refractivity contribution is -0.123. The normalized spacial score (nSPS) is 10.9. The number of hydrogen-bond acceptors (Lipinski definition) is 3. The molecule has 0 radical (unpaired) electrons. The Morgan fingerprint density at radius 1 is 1.04 bits per heavy atom. The highest BCUT2D eigenvalue weighted by molar-refractivity contribution is 6.32. The summed E-state index contributed by atoms with van der Waals surface area (Å²) in [6.45, 7) is 5.43. The zero-order valence-corrected chi connectivity index (χ0v) is 15.4. The molecule has 5 nitrogen and oxygen atoms in total. The number of carbonyl (C=O) groups is 2. The van der Waals surface area contributed by atoms with Crippen LogP contribution in [0.4, 0.5) is 11.4 Å². The van der Waals surface area contributed by atoms with Crippen LogP contribution in [0.5, 0.6) is 5.75 Å². The summed E-state index contributed by atoms with van der Waals surface area (Å²) < 4.78 is 5.09. The van der Waals surface area contributed by atoms with Crippen LogP contribution in [0.15, 0.2) is 42.5 Å². The number of nitrogens with one attached hydrogen (secondary N) is 2. The maximum atomic E-state index is 12.6. The maximum absolute atomic E-state index is 12.6. The number of halogens is 1. The SMILES string of the molecule is COc1ccc(NC(=O)c2ccccc2NC(=O)C(C)(C)C)cc1Cl. The van der Waals surface area contributed by atoms with E-state index in [0.29, 0.717) is 27.7 Å². The van der Waals surface area contributed by atoms with E-state index in [2.05, 4.69) is 10.6 Å². The molecule has 0 spiro atoms. The third-order valence-electron chi connectivity index (χ3n) is 3.51. The first-order valence-electron chi connectivity index (χ1n) is 7.77. The zero-order valence-electron chi connectivity index (χ0n) is 14.6. The molecule has 0 heterocycles. The van der Waals surface area contributed by atoms with Gasteiger partial charge in [0.1, 0.15) is 5.75 Å². The van der Waals surface area contributed by atoms with Gasteiger partial charge in [0.15, 0.2) is 0 Å². The smallest absolute Gasteiger partial charge is 0.257 e. The third-order valence-corrected chi connectivity index (χ3v) is 3.81. The maximum Gasteiger partial charge on any atom is 0.257 e. The molecule has 2 rings (SSSR count). The zero-order chi connectivity index (χ0) is 18.6. The van der Waals surface area contributed by atoms with Crippen molar-refractivity contribution in [2.24, 2.45) is 5.41 Å². The molecule has 0 bridgehead atoms. The van der Waals surface area contributed by atoms with Gasteiger partial charge in [-0.15, -0.1) is 0 Å². The van der Waals surface area contributed by atoms with Gasteiger partial charge in [0.2, 0.25) is 5.91 Å². The summed E-state index contributed by atoms with van der Waals surface area (Å²) in [7, 11) is 1.52. The van der Waals surface area contributed by atoms with Crippen LogP contribution in [-0.4, -0.2) is 18.9 Å². The van der Waals surface area contributed by atoms with E-state index in [9.17, 15) is 9.59 Å². The van der Waals surface area contributed by atoms with Gasteiger partial charge >= 0.3 is 0 Å². The Balaban J connectivity index is 2.22. The molecule has 0 aliphatic carbocycles. The molecular weight excluding hydrogens is 340 g/mol. The van der Waals surface area contributed by atoms with Crippen molar-refractivity contribution in [1.29, 1.82) is 0 Å². The van der Waals surface area contributed by atoms with E-state index in [1.54, 1.807) is 42.5 Å². The fourth-order valence-electron chi connectivity index (χ4n) is 2.04. The number of para-hydroxylation sites is 1. The molecule has 132 valence electrons. The average Bonchev–Trinajstić information content (AvgIpc) is 2.54. The molecule has 0 unspecified atom stereocenters.